The lowest BCUT2D eigenvalue weighted by Crippen LogP contribution is -2.34. The highest BCUT2D eigenvalue weighted by Gasteiger charge is 2.12. The van der Waals surface area contributed by atoms with Crippen LogP contribution in [0.2, 0.25) is 5.02 Å². The Morgan fingerprint density at radius 2 is 1.73 bits per heavy atom. The fourth-order valence-corrected chi connectivity index (χ4v) is 2.86. The van der Waals surface area contributed by atoms with Crippen LogP contribution >= 0.6 is 23.8 Å². The van der Waals surface area contributed by atoms with Crippen LogP contribution in [0.3, 0.4) is 0 Å². The molecule has 2 N–H and O–H groups in total. The molecule has 3 aromatic carbocycles. The van der Waals surface area contributed by atoms with Gasteiger partial charge in [-0.25, -0.2) is 0 Å². The van der Waals surface area contributed by atoms with Crippen molar-refractivity contribution >= 4 is 57.3 Å². The Bertz CT molecular complexity index is 1030. The zero-order valence-electron chi connectivity index (χ0n) is 13.3. The topological polar surface area (TPSA) is 81.3 Å². The van der Waals surface area contributed by atoms with E-state index in [0.717, 1.165) is 10.8 Å². The molecular formula is C19H12ClN2O3S-. The number of halogens is 1. The second kappa shape index (κ2) is 7.51. The summed E-state index contributed by atoms with van der Waals surface area (Å²) in [6, 6.07) is 16.9. The molecule has 0 aliphatic carbocycles. The molecule has 0 unspecified atom stereocenters. The van der Waals surface area contributed by atoms with Crippen LogP contribution in [-0.2, 0) is 0 Å². The average Bonchev–Trinajstić information content (AvgIpc) is 2.62. The quantitative estimate of drug-likeness (QED) is 0.679. The van der Waals surface area contributed by atoms with Crippen molar-refractivity contribution in [3.63, 3.8) is 0 Å². The number of amides is 1. The SMILES string of the molecule is O=C([O-])c1ccc(Cl)c(NC(=S)NC(=O)c2cccc3ccccc23)c1. The lowest BCUT2D eigenvalue weighted by Gasteiger charge is -2.13. The molecule has 0 fully saturated rings. The molecule has 0 aliphatic rings. The predicted molar refractivity (Wildman–Crippen MR) is 103 cm³/mol. The molecule has 3 rings (SSSR count). The third kappa shape index (κ3) is 3.82. The number of carbonyl (C=O) groups excluding carboxylic acids is 2. The van der Waals surface area contributed by atoms with E-state index in [1.807, 2.05) is 30.3 Å². The van der Waals surface area contributed by atoms with Crippen molar-refractivity contribution in [2.24, 2.45) is 0 Å². The molecule has 0 saturated heterocycles. The first kappa shape index (κ1) is 17.8. The Hall–Kier alpha value is -2.96. The fourth-order valence-electron chi connectivity index (χ4n) is 2.50. The summed E-state index contributed by atoms with van der Waals surface area (Å²) in [5.74, 6) is -1.72. The van der Waals surface area contributed by atoms with Crippen LogP contribution in [-0.4, -0.2) is 17.0 Å². The number of carboxylic acids is 1. The molecule has 0 heterocycles. The number of nitrogens with one attached hydrogen (secondary N) is 2. The van der Waals surface area contributed by atoms with E-state index in [-0.39, 0.29) is 27.3 Å². The molecule has 5 nitrogen and oxygen atoms in total. The van der Waals surface area contributed by atoms with Gasteiger partial charge in [-0.15, -0.1) is 0 Å². The monoisotopic (exact) mass is 383 g/mol. The molecule has 26 heavy (non-hydrogen) atoms. The lowest BCUT2D eigenvalue weighted by atomic mass is 10.0. The zero-order chi connectivity index (χ0) is 18.7. The van der Waals surface area contributed by atoms with E-state index in [9.17, 15) is 14.7 Å². The molecule has 0 spiro atoms. The molecule has 0 aromatic heterocycles. The molecule has 0 atom stereocenters. The van der Waals surface area contributed by atoms with Crippen LogP contribution in [0.15, 0.2) is 60.7 Å². The highest BCUT2D eigenvalue weighted by Crippen LogP contribution is 2.23. The molecule has 0 saturated carbocycles. The number of carbonyl (C=O) groups is 2. The number of rotatable bonds is 3. The van der Waals surface area contributed by atoms with Crippen molar-refractivity contribution in [2.75, 3.05) is 5.32 Å². The number of benzene rings is 3. The molecule has 0 radical (unpaired) electrons. The standard InChI is InChI=1S/C19H13ClN2O3S/c20-15-9-8-12(18(24)25)10-16(15)21-19(26)22-17(23)14-7-3-5-11-4-1-2-6-13(11)14/h1-10H,(H,24,25)(H2,21,22,23,26)/p-1. The fraction of sp³-hybridized carbons (Fsp3) is 0. The Kier molecular flexibility index (Phi) is 5.16. The van der Waals surface area contributed by atoms with Gasteiger partial charge in [-0.1, -0.05) is 54.1 Å². The molecule has 0 aliphatic heterocycles. The summed E-state index contributed by atoms with van der Waals surface area (Å²) in [4.78, 5) is 23.5. The van der Waals surface area contributed by atoms with Gasteiger partial charge in [0.25, 0.3) is 5.91 Å². The molecular weight excluding hydrogens is 372 g/mol. The van der Waals surface area contributed by atoms with Gasteiger partial charge in [0.1, 0.15) is 0 Å². The Morgan fingerprint density at radius 1 is 1.00 bits per heavy atom. The van der Waals surface area contributed by atoms with Gasteiger partial charge in [-0.3, -0.25) is 10.1 Å². The maximum atomic E-state index is 12.5. The van der Waals surface area contributed by atoms with Crippen LogP contribution in [0.5, 0.6) is 0 Å². The Morgan fingerprint density at radius 3 is 2.50 bits per heavy atom. The third-order valence-corrected chi connectivity index (χ3v) is 4.25. The van der Waals surface area contributed by atoms with Crippen LogP contribution in [0.1, 0.15) is 20.7 Å². The smallest absolute Gasteiger partial charge is 0.258 e. The molecule has 130 valence electrons. The first-order chi connectivity index (χ1) is 12.5. The minimum absolute atomic E-state index is 0.000308. The number of carboxylic acid groups (broad SMARTS) is 1. The normalized spacial score (nSPS) is 10.3. The van der Waals surface area contributed by atoms with E-state index in [0.29, 0.717) is 5.56 Å². The largest absolute Gasteiger partial charge is 0.545 e. The molecule has 7 heteroatoms. The summed E-state index contributed by atoms with van der Waals surface area (Å²) in [5.41, 5.74) is 0.679. The first-order valence-corrected chi connectivity index (χ1v) is 8.35. The van der Waals surface area contributed by atoms with Gasteiger partial charge in [0.2, 0.25) is 0 Å². The molecule has 1 amide bonds. The Labute approximate surface area is 159 Å². The number of anilines is 1. The average molecular weight is 384 g/mol. The van der Waals surface area contributed by atoms with E-state index in [2.05, 4.69) is 10.6 Å². The zero-order valence-corrected chi connectivity index (χ0v) is 14.9. The van der Waals surface area contributed by atoms with Crippen molar-refractivity contribution < 1.29 is 14.7 Å². The van der Waals surface area contributed by atoms with E-state index in [1.54, 1.807) is 12.1 Å². The van der Waals surface area contributed by atoms with Gasteiger partial charge in [0, 0.05) is 5.56 Å². The highest BCUT2D eigenvalue weighted by molar-refractivity contribution is 7.80. The second-order valence-corrected chi connectivity index (χ2v) is 6.23. The lowest BCUT2D eigenvalue weighted by molar-refractivity contribution is -0.255. The summed E-state index contributed by atoms with van der Waals surface area (Å²) in [6.45, 7) is 0. The van der Waals surface area contributed by atoms with Gasteiger partial charge in [0.05, 0.1) is 16.7 Å². The third-order valence-electron chi connectivity index (χ3n) is 3.71. The molecule has 3 aromatic rings. The number of thiocarbonyl (C=S) groups is 1. The predicted octanol–water partition coefficient (Wildman–Crippen LogP) is 2.98. The number of hydrogen-bond donors (Lipinski definition) is 2. The first-order valence-electron chi connectivity index (χ1n) is 7.56. The van der Waals surface area contributed by atoms with Gasteiger partial charge in [-0.2, -0.15) is 0 Å². The number of hydrogen-bond acceptors (Lipinski definition) is 4. The van der Waals surface area contributed by atoms with Crippen molar-refractivity contribution in [3.8, 4) is 0 Å². The molecule has 0 bridgehead atoms. The summed E-state index contributed by atoms with van der Waals surface area (Å²) in [6.07, 6.45) is 0. The maximum absolute atomic E-state index is 12.5. The Balaban J connectivity index is 1.79. The van der Waals surface area contributed by atoms with E-state index in [1.165, 1.54) is 18.2 Å². The van der Waals surface area contributed by atoms with Gasteiger partial charge >= 0.3 is 0 Å². The van der Waals surface area contributed by atoms with Crippen molar-refractivity contribution in [1.82, 2.24) is 5.32 Å². The maximum Gasteiger partial charge on any atom is 0.258 e. The van der Waals surface area contributed by atoms with Crippen LogP contribution in [0, 0.1) is 0 Å². The minimum Gasteiger partial charge on any atom is -0.545 e. The second-order valence-electron chi connectivity index (χ2n) is 5.42. The van der Waals surface area contributed by atoms with Crippen LogP contribution in [0.25, 0.3) is 10.8 Å². The minimum atomic E-state index is -1.34. The van der Waals surface area contributed by atoms with Gasteiger partial charge in [-0.05, 0) is 46.8 Å². The van der Waals surface area contributed by atoms with Crippen molar-refractivity contribution in [2.45, 2.75) is 0 Å². The summed E-state index contributed by atoms with van der Waals surface area (Å²) < 4.78 is 0. The van der Waals surface area contributed by atoms with E-state index >= 15 is 0 Å². The highest BCUT2D eigenvalue weighted by atomic mass is 35.5. The van der Waals surface area contributed by atoms with E-state index in [4.69, 9.17) is 23.8 Å². The van der Waals surface area contributed by atoms with Crippen molar-refractivity contribution in [1.29, 1.82) is 0 Å². The van der Waals surface area contributed by atoms with Crippen LogP contribution < -0.4 is 15.7 Å². The summed E-state index contributed by atoms with van der Waals surface area (Å²) >= 11 is 11.2. The number of aromatic carboxylic acids is 1. The van der Waals surface area contributed by atoms with Crippen LogP contribution in [0.4, 0.5) is 5.69 Å². The number of fused-ring (bicyclic) bond motifs is 1. The van der Waals surface area contributed by atoms with E-state index < -0.39 is 5.97 Å². The van der Waals surface area contributed by atoms with Crippen molar-refractivity contribution in [3.05, 3.63) is 76.8 Å². The summed E-state index contributed by atoms with van der Waals surface area (Å²) in [5, 5.41) is 18.2. The summed E-state index contributed by atoms with van der Waals surface area (Å²) in [7, 11) is 0. The van der Waals surface area contributed by atoms with Gasteiger partial charge in [0.15, 0.2) is 5.11 Å². The van der Waals surface area contributed by atoms with Gasteiger partial charge < -0.3 is 15.2 Å².